The van der Waals surface area contributed by atoms with E-state index >= 15 is 0 Å². The van der Waals surface area contributed by atoms with Gasteiger partial charge < -0.3 is 14.6 Å². The number of cyclic esters (lactones) is 1. The molecule has 5 atom stereocenters. The topological polar surface area (TPSA) is 55.8 Å². The Bertz CT molecular complexity index is 272. The molecule has 0 amide bonds. The molecule has 3 aliphatic heterocycles. The van der Waals surface area contributed by atoms with E-state index in [0.717, 1.165) is 0 Å². The van der Waals surface area contributed by atoms with E-state index < -0.39 is 6.29 Å². The lowest BCUT2D eigenvalue weighted by Crippen LogP contribution is -2.28. The van der Waals surface area contributed by atoms with Crippen molar-refractivity contribution >= 4 is 5.97 Å². The van der Waals surface area contributed by atoms with Gasteiger partial charge in [-0.15, -0.1) is 0 Å². The molecule has 2 saturated heterocycles. The molecule has 1 N–H and O–H groups in total. The highest BCUT2D eigenvalue weighted by Crippen LogP contribution is 2.45. The molecule has 5 unspecified atom stereocenters. The molecule has 12 heavy (non-hydrogen) atoms. The lowest BCUT2D eigenvalue weighted by Gasteiger charge is -2.14. The summed E-state index contributed by atoms with van der Waals surface area (Å²) in [5.41, 5.74) is 0. The van der Waals surface area contributed by atoms with Crippen molar-refractivity contribution in [1.82, 2.24) is 0 Å². The van der Waals surface area contributed by atoms with Gasteiger partial charge in [-0.2, -0.15) is 0 Å². The van der Waals surface area contributed by atoms with E-state index in [1.807, 2.05) is 12.2 Å². The first-order valence-electron chi connectivity index (χ1n) is 4.00. The summed E-state index contributed by atoms with van der Waals surface area (Å²) < 4.78 is 10.1. The average molecular weight is 168 g/mol. The van der Waals surface area contributed by atoms with Gasteiger partial charge in [0.1, 0.15) is 0 Å². The molecular formula is C8H8O4. The Morgan fingerprint density at radius 2 is 2.08 bits per heavy atom. The Morgan fingerprint density at radius 1 is 1.33 bits per heavy atom. The number of hydrogen-bond donors (Lipinski definition) is 1. The number of aliphatic hydroxyl groups excluding tert-OH is 1. The fraction of sp³-hybridized carbons (Fsp3) is 0.625. The number of hydrogen-bond acceptors (Lipinski definition) is 4. The highest BCUT2D eigenvalue weighted by atomic mass is 16.7. The Hall–Kier alpha value is -0.870. The molecule has 0 aromatic heterocycles. The SMILES string of the molecule is O=C1OC(O)C2C3C=CC(O3)C12. The highest BCUT2D eigenvalue weighted by Gasteiger charge is 2.58. The summed E-state index contributed by atoms with van der Waals surface area (Å²) in [5.74, 6) is -0.771. The lowest BCUT2D eigenvalue weighted by atomic mass is 9.85. The smallest absolute Gasteiger partial charge is 0.314 e. The van der Waals surface area contributed by atoms with Crippen molar-refractivity contribution in [2.75, 3.05) is 0 Å². The van der Waals surface area contributed by atoms with Gasteiger partial charge >= 0.3 is 5.97 Å². The van der Waals surface area contributed by atoms with Crippen molar-refractivity contribution < 1.29 is 19.4 Å². The number of aliphatic hydroxyl groups is 1. The second-order valence-electron chi connectivity index (χ2n) is 3.38. The van der Waals surface area contributed by atoms with Crippen molar-refractivity contribution in [1.29, 1.82) is 0 Å². The molecule has 2 fully saturated rings. The van der Waals surface area contributed by atoms with E-state index in [1.165, 1.54) is 0 Å². The molecule has 0 aromatic rings. The quantitative estimate of drug-likeness (QED) is 0.389. The van der Waals surface area contributed by atoms with Crippen LogP contribution in [0.1, 0.15) is 0 Å². The molecule has 0 aromatic carbocycles. The molecule has 3 rings (SSSR count). The number of ether oxygens (including phenoxy) is 2. The van der Waals surface area contributed by atoms with Gasteiger partial charge in [0.25, 0.3) is 0 Å². The van der Waals surface area contributed by atoms with Crippen LogP contribution in [0.15, 0.2) is 12.2 Å². The predicted molar refractivity (Wildman–Crippen MR) is 36.9 cm³/mol. The predicted octanol–water partition coefficient (Wildman–Crippen LogP) is -0.569. The molecular weight excluding hydrogens is 160 g/mol. The van der Waals surface area contributed by atoms with Crippen LogP contribution in [0, 0.1) is 11.8 Å². The van der Waals surface area contributed by atoms with Gasteiger partial charge in [0.2, 0.25) is 6.29 Å². The van der Waals surface area contributed by atoms with Crippen molar-refractivity contribution in [3.63, 3.8) is 0 Å². The summed E-state index contributed by atoms with van der Waals surface area (Å²) in [5, 5.41) is 9.33. The molecule has 3 heterocycles. The normalized spacial score (nSPS) is 54.4. The maximum Gasteiger partial charge on any atom is 0.314 e. The largest absolute Gasteiger partial charge is 0.435 e. The molecule has 64 valence electrons. The molecule has 0 aliphatic carbocycles. The molecule has 3 aliphatic rings. The van der Waals surface area contributed by atoms with Gasteiger partial charge in [0.05, 0.1) is 24.0 Å². The van der Waals surface area contributed by atoms with Gasteiger partial charge in [0.15, 0.2) is 0 Å². The van der Waals surface area contributed by atoms with Crippen LogP contribution in [0.2, 0.25) is 0 Å². The van der Waals surface area contributed by atoms with Crippen LogP contribution in [0.25, 0.3) is 0 Å². The third-order valence-corrected chi connectivity index (χ3v) is 2.79. The highest BCUT2D eigenvalue weighted by molar-refractivity contribution is 5.77. The fourth-order valence-corrected chi connectivity index (χ4v) is 2.24. The van der Waals surface area contributed by atoms with Gasteiger partial charge in [-0.1, -0.05) is 12.2 Å². The summed E-state index contributed by atoms with van der Waals surface area (Å²) >= 11 is 0. The second-order valence-corrected chi connectivity index (χ2v) is 3.38. The van der Waals surface area contributed by atoms with Crippen molar-refractivity contribution in [3.8, 4) is 0 Å². The van der Waals surface area contributed by atoms with Crippen LogP contribution in [-0.4, -0.2) is 29.6 Å². The third-order valence-electron chi connectivity index (χ3n) is 2.79. The first-order chi connectivity index (χ1) is 5.77. The number of carbonyl (C=O) groups is 1. The van der Waals surface area contributed by atoms with Crippen LogP contribution < -0.4 is 0 Å². The zero-order chi connectivity index (χ0) is 8.29. The first kappa shape index (κ1) is 6.62. The molecule has 0 radical (unpaired) electrons. The number of carbonyl (C=O) groups excluding carboxylic acids is 1. The second kappa shape index (κ2) is 1.89. The number of esters is 1. The van der Waals surface area contributed by atoms with Crippen molar-refractivity contribution in [2.24, 2.45) is 11.8 Å². The molecule has 0 spiro atoms. The summed E-state index contributed by atoms with van der Waals surface area (Å²) in [7, 11) is 0. The van der Waals surface area contributed by atoms with Gasteiger partial charge in [-0.05, 0) is 0 Å². The zero-order valence-electron chi connectivity index (χ0n) is 6.21. The van der Waals surface area contributed by atoms with Crippen LogP contribution in [0.4, 0.5) is 0 Å². The zero-order valence-corrected chi connectivity index (χ0v) is 6.21. The van der Waals surface area contributed by atoms with Gasteiger partial charge in [0, 0.05) is 0 Å². The van der Waals surface area contributed by atoms with Crippen LogP contribution in [-0.2, 0) is 14.3 Å². The maximum absolute atomic E-state index is 11.2. The van der Waals surface area contributed by atoms with Gasteiger partial charge in [-0.3, -0.25) is 4.79 Å². The summed E-state index contributed by atoms with van der Waals surface area (Å²) in [6.07, 6.45) is 2.50. The van der Waals surface area contributed by atoms with Crippen LogP contribution in [0.3, 0.4) is 0 Å². The standard InChI is InChI=1S/C8H8O4/c9-7-5-3-1-2-4(11-3)6(5)8(10)12-7/h1-7,9H. The number of rotatable bonds is 0. The third kappa shape index (κ3) is 0.585. The Labute approximate surface area is 68.8 Å². The molecule has 4 nitrogen and oxygen atoms in total. The Kier molecular flexibility index (Phi) is 1.04. The van der Waals surface area contributed by atoms with Crippen molar-refractivity contribution in [2.45, 2.75) is 18.5 Å². The Balaban J connectivity index is 2.03. The average Bonchev–Trinajstić information content (AvgIpc) is 2.64. The maximum atomic E-state index is 11.2. The summed E-state index contributed by atoms with van der Waals surface area (Å²) in [6.45, 7) is 0. The minimum absolute atomic E-state index is 0.124. The van der Waals surface area contributed by atoms with Crippen molar-refractivity contribution in [3.05, 3.63) is 12.2 Å². The van der Waals surface area contributed by atoms with E-state index in [4.69, 9.17) is 9.47 Å². The monoisotopic (exact) mass is 168 g/mol. The minimum Gasteiger partial charge on any atom is -0.435 e. The first-order valence-corrected chi connectivity index (χ1v) is 4.00. The molecule has 2 bridgehead atoms. The fourth-order valence-electron chi connectivity index (χ4n) is 2.24. The number of fused-ring (bicyclic) bond motifs is 5. The Morgan fingerprint density at radius 3 is 2.83 bits per heavy atom. The van der Waals surface area contributed by atoms with Crippen LogP contribution >= 0.6 is 0 Å². The van der Waals surface area contributed by atoms with E-state index in [9.17, 15) is 9.90 Å². The van der Waals surface area contributed by atoms with E-state index in [0.29, 0.717) is 0 Å². The van der Waals surface area contributed by atoms with Gasteiger partial charge in [-0.25, -0.2) is 0 Å². The van der Waals surface area contributed by atoms with E-state index in [1.54, 1.807) is 0 Å². The molecule has 4 heteroatoms. The van der Waals surface area contributed by atoms with Crippen LogP contribution in [0.5, 0.6) is 0 Å². The minimum atomic E-state index is -0.970. The molecule has 0 saturated carbocycles. The lowest BCUT2D eigenvalue weighted by molar-refractivity contribution is -0.162. The van der Waals surface area contributed by atoms with E-state index in [2.05, 4.69) is 0 Å². The summed E-state index contributed by atoms with van der Waals surface area (Å²) in [6, 6.07) is 0. The van der Waals surface area contributed by atoms with E-state index in [-0.39, 0.29) is 30.0 Å². The summed E-state index contributed by atoms with van der Waals surface area (Å²) in [4.78, 5) is 11.2.